The van der Waals surface area contributed by atoms with Crippen molar-refractivity contribution in [3.05, 3.63) is 63.8 Å². The number of hydrogen-bond donors (Lipinski definition) is 1. The minimum Gasteiger partial charge on any atom is -0.478 e. The van der Waals surface area contributed by atoms with Crippen molar-refractivity contribution in [2.24, 2.45) is 5.92 Å². The van der Waals surface area contributed by atoms with Crippen LogP contribution in [0, 0.1) is 5.92 Å². The molecule has 1 saturated heterocycles. The number of hydrogen-bond acceptors (Lipinski definition) is 5. The fraction of sp³-hybridized carbons (Fsp3) is 0.350. The first-order valence-electron chi connectivity index (χ1n) is 9.38. The summed E-state index contributed by atoms with van der Waals surface area (Å²) in [6.45, 7) is 2.57. The number of likely N-dealkylation sites (tertiary alicyclic amines) is 1. The summed E-state index contributed by atoms with van der Waals surface area (Å²) >= 11 is 12.0. The van der Waals surface area contributed by atoms with E-state index in [0.717, 1.165) is 43.9 Å². The number of benzene rings is 1. The van der Waals surface area contributed by atoms with Gasteiger partial charge in [-0.1, -0.05) is 28.4 Å². The van der Waals surface area contributed by atoms with E-state index < -0.39 is 5.97 Å². The molecule has 0 spiro atoms. The number of carboxylic acid groups (broad SMARTS) is 1. The highest BCUT2D eigenvalue weighted by Crippen LogP contribution is 2.26. The third kappa shape index (κ3) is 4.63. The lowest BCUT2D eigenvalue weighted by Crippen LogP contribution is -2.34. The highest BCUT2D eigenvalue weighted by Gasteiger charge is 2.23. The summed E-state index contributed by atoms with van der Waals surface area (Å²) in [5.41, 5.74) is 1.96. The van der Waals surface area contributed by atoms with E-state index in [1.807, 2.05) is 12.3 Å². The fourth-order valence-electron chi connectivity index (χ4n) is 3.65. The Morgan fingerprint density at radius 1 is 1.21 bits per heavy atom. The number of nitrogens with zero attached hydrogens (tertiary/aromatic N) is 4. The van der Waals surface area contributed by atoms with Crippen LogP contribution >= 0.6 is 23.2 Å². The molecule has 0 bridgehead atoms. The molecule has 4 rings (SSSR count). The molecule has 152 valence electrons. The van der Waals surface area contributed by atoms with E-state index in [4.69, 9.17) is 27.6 Å². The summed E-state index contributed by atoms with van der Waals surface area (Å²) in [7, 11) is 0. The standard InChI is InChI=1S/C20H20Cl2N4O3/c21-17-2-1-15(10-18(17)22)26-12-14(23-24-26)11-25-6-3-13(4-7-25)9-19-16(20(27)28)5-8-29-19/h1-2,5,8,10,12-13H,3-4,6-7,9,11H2,(H,27,28). The van der Waals surface area contributed by atoms with Crippen LogP contribution in [0.2, 0.25) is 10.0 Å². The van der Waals surface area contributed by atoms with Crippen LogP contribution in [0.25, 0.3) is 5.69 Å². The molecule has 0 unspecified atom stereocenters. The van der Waals surface area contributed by atoms with Gasteiger partial charge in [-0.2, -0.15) is 0 Å². The predicted molar refractivity (Wildman–Crippen MR) is 109 cm³/mol. The van der Waals surface area contributed by atoms with Gasteiger partial charge in [-0.15, -0.1) is 5.10 Å². The number of rotatable bonds is 6. The van der Waals surface area contributed by atoms with Crippen LogP contribution in [-0.4, -0.2) is 44.1 Å². The number of piperidine rings is 1. The largest absolute Gasteiger partial charge is 0.478 e. The quantitative estimate of drug-likeness (QED) is 0.621. The fourth-order valence-corrected chi connectivity index (χ4v) is 3.95. The molecule has 1 aromatic carbocycles. The molecule has 7 nitrogen and oxygen atoms in total. The van der Waals surface area contributed by atoms with Crippen molar-refractivity contribution in [2.75, 3.05) is 13.1 Å². The second kappa shape index (κ2) is 8.57. The van der Waals surface area contributed by atoms with E-state index in [-0.39, 0.29) is 5.56 Å². The van der Waals surface area contributed by atoms with Crippen LogP contribution < -0.4 is 0 Å². The lowest BCUT2D eigenvalue weighted by atomic mass is 9.91. The van der Waals surface area contributed by atoms with Gasteiger partial charge in [0.2, 0.25) is 0 Å². The smallest absolute Gasteiger partial charge is 0.339 e. The van der Waals surface area contributed by atoms with E-state index in [9.17, 15) is 9.90 Å². The Labute approximate surface area is 177 Å². The first kappa shape index (κ1) is 19.9. The van der Waals surface area contributed by atoms with Crippen molar-refractivity contribution in [1.29, 1.82) is 0 Å². The topological polar surface area (TPSA) is 84.4 Å². The van der Waals surface area contributed by atoms with Crippen LogP contribution in [0.5, 0.6) is 0 Å². The Kier molecular flexibility index (Phi) is 5.89. The lowest BCUT2D eigenvalue weighted by molar-refractivity contribution is 0.0693. The molecule has 1 aliphatic rings. The highest BCUT2D eigenvalue weighted by atomic mass is 35.5. The van der Waals surface area contributed by atoms with Crippen molar-refractivity contribution in [2.45, 2.75) is 25.8 Å². The first-order valence-corrected chi connectivity index (χ1v) is 10.1. The van der Waals surface area contributed by atoms with Gasteiger partial charge in [0.1, 0.15) is 11.3 Å². The average molecular weight is 435 g/mol. The second-order valence-corrected chi connectivity index (χ2v) is 8.05. The van der Waals surface area contributed by atoms with Crippen LogP contribution in [0.15, 0.2) is 41.1 Å². The Hall–Kier alpha value is -2.35. The summed E-state index contributed by atoms with van der Waals surface area (Å²) in [5.74, 6) is 0.0548. The van der Waals surface area contributed by atoms with E-state index in [2.05, 4.69) is 15.2 Å². The molecule has 1 aliphatic heterocycles. The maximum atomic E-state index is 11.2. The van der Waals surface area contributed by atoms with Gasteiger partial charge >= 0.3 is 5.97 Å². The predicted octanol–water partition coefficient (Wildman–Crippen LogP) is 4.32. The molecule has 0 radical (unpaired) electrons. The van der Waals surface area contributed by atoms with Gasteiger partial charge in [-0.25, -0.2) is 9.48 Å². The van der Waals surface area contributed by atoms with Gasteiger partial charge < -0.3 is 9.52 Å². The Bertz CT molecular complexity index is 1010. The molecule has 0 atom stereocenters. The number of aromatic nitrogens is 3. The van der Waals surface area contributed by atoms with Gasteiger partial charge in [-0.3, -0.25) is 4.90 Å². The van der Waals surface area contributed by atoms with E-state index in [1.54, 1.807) is 16.8 Å². The van der Waals surface area contributed by atoms with Gasteiger partial charge in [0.15, 0.2) is 0 Å². The molecular formula is C20H20Cl2N4O3. The van der Waals surface area contributed by atoms with Crippen molar-refractivity contribution in [3.8, 4) is 5.69 Å². The van der Waals surface area contributed by atoms with Crippen LogP contribution in [0.4, 0.5) is 0 Å². The molecule has 3 aromatic rings. The normalized spacial score (nSPS) is 15.7. The minimum atomic E-state index is -0.934. The number of halogens is 2. The van der Waals surface area contributed by atoms with Crippen LogP contribution in [0.1, 0.15) is 34.7 Å². The molecule has 9 heteroatoms. The van der Waals surface area contributed by atoms with Crippen LogP contribution in [0.3, 0.4) is 0 Å². The molecule has 29 heavy (non-hydrogen) atoms. The molecule has 1 N–H and O–H groups in total. The van der Waals surface area contributed by atoms with E-state index >= 15 is 0 Å². The van der Waals surface area contributed by atoms with Gasteiger partial charge in [-0.05, 0) is 56.1 Å². The molecule has 3 heterocycles. The van der Waals surface area contributed by atoms with E-state index in [0.29, 0.717) is 28.1 Å². The minimum absolute atomic E-state index is 0.270. The number of furan rings is 1. The molecule has 2 aromatic heterocycles. The van der Waals surface area contributed by atoms with E-state index in [1.165, 1.54) is 12.3 Å². The third-order valence-electron chi connectivity index (χ3n) is 5.25. The summed E-state index contributed by atoms with van der Waals surface area (Å²) in [4.78, 5) is 13.6. The summed E-state index contributed by atoms with van der Waals surface area (Å²) in [6.07, 6.45) is 5.98. The first-order chi connectivity index (χ1) is 14.0. The summed E-state index contributed by atoms with van der Waals surface area (Å²) in [5, 5.41) is 18.6. The summed E-state index contributed by atoms with van der Waals surface area (Å²) < 4.78 is 7.07. The Morgan fingerprint density at radius 3 is 2.72 bits per heavy atom. The van der Waals surface area contributed by atoms with Gasteiger partial charge in [0, 0.05) is 13.0 Å². The van der Waals surface area contributed by atoms with Crippen molar-refractivity contribution in [3.63, 3.8) is 0 Å². The highest BCUT2D eigenvalue weighted by molar-refractivity contribution is 6.42. The third-order valence-corrected chi connectivity index (χ3v) is 5.99. The van der Waals surface area contributed by atoms with Gasteiger partial charge in [0.05, 0.1) is 33.9 Å². The SMILES string of the molecule is O=C(O)c1ccoc1CC1CCN(Cc2cn(-c3ccc(Cl)c(Cl)c3)nn2)CC1. The van der Waals surface area contributed by atoms with Crippen molar-refractivity contribution in [1.82, 2.24) is 19.9 Å². The number of aromatic carboxylic acids is 1. The second-order valence-electron chi connectivity index (χ2n) is 7.24. The van der Waals surface area contributed by atoms with Crippen molar-refractivity contribution >= 4 is 29.2 Å². The monoisotopic (exact) mass is 434 g/mol. The molecular weight excluding hydrogens is 415 g/mol. The maximum absolute atomic E-state index is 11.2. The lowest BCUT2D eigenvalue weighted by Gasteiger charge is -2.31. The zero-order valence-electron chi connectivity index (χ0n) is 15.6. The molecule has 0 aliphatic carbocycles. The number of carbonyl (C=O) groups is 1. The zero-order chi connectivity index (χ0) is 20.4. The molecule has 0 amide bonds. The Morgan fingerprint density at radius 2 is 2.00 bits per heavy atom. The molecule has 0 saturated carbocycles. The zero-order valence-corrected chi connectivity index (χ0v) is 17.1. The van der Waals surface area contributed by atoms with Crippen molar-refractivity contribution < 1.29 is 14.3 Å². The average Bonchev–Trinajstić information content (AvgIpc) is 3.35. The number of carboxylic acids is 1. The molecule has 1 fully saturated rings. The van der Waals surface area contributed by atoms with Crippen LogP contribution in [-0.2, 0) is 13.0 Å². The Balaban J connectivity index is 1.32. The van der Waals surface area contributed by atoms with Gasteiger partial charge in [0.25, 0.3) is 0 Å². The maximum Gasteiger partial charge on any atom is 0.339 e. The summed E-state index contributed by atoms with van der Waals surface area (Å²) in [6, 6.07) is 6.86.